The van der Waals surface area contributed by atoms with Crippen LogP contribution in [0.1, 0.15) is 28.0 Å². The van der Waals surface area contributed by atoms with Gasteiger partial charge in [-0.05, 0) is 37.3 Å². The van der Waals surface area contributed by atoms with Gasteiger partial charge in [0.05, 0.1) is 5.56 Å². The van der Waals surface area contributed by atoms with Crippen LogP contribution in [0.5, 0.6) is 0 Å². The normalized spacial score (nSPS) is 13.3. The highest BCUT2D eigenvalue weighted by Gasteiger charge is 2.22. The molecular weight excluding hydrogens is 240 g/mol. The first kappa shape index (κ1) is 11.3. The van der Waals surface area contributed by atoms with Crippen LogP contribution in [0.3, 0.4) is 0 Å². The standard InChI is InChI=1S/C15H14N2S/c1-9-5-6-10-3-2-4-13-14(11(10)7-9)12(8-16)15(17)18-13/h5-7H,2-4,17H2,1H3. The minimum Gasteiger partial charge on any atom is -0.389 e. The first-order valence-corrected chi connectivity index (χ1v) is 6.93. The van der Waals surface area contributed by atoms with Crippen molar-refractivity contribution < 1.29 is 0 Å². The first-order valence-electron chi connectivity index (χ1n) is 6.12. The monoisotopic (exact) mass is 254 g/mol. The average Bonchev–Trinajstić information content (AvgIpc) is 2.56. The predicted molar refractivity (Wildman–Crippen MR) is 75.6 cm³/mol. The second-order valence-corrected chi connectivity index (χ2v) is 5.90. The van der Waals surface area contributed by atoms with Crippen molar-refractivity contribution in [3.05, 3.63) is 39.8 Å². The van der Waals surface area contributed by atoms with E-state index < -0.39 is 0 Å². The zero-order chi connectivity index (χ0) is 12.7. The molecule has 90 valence electrons. The molecule has 18 heavy (non-hydrogen) atoms. The Labute approximate surface area is 111 Å². The van der Waals surface area contributed by atoms with Crippen molar-refractivity contribution in [3.8, 4) is 17.2 Å². The zero-order valence-corrected chi connectivity index (χ0v) is 11.1. The smallest absolute Gasteiger partial charge is 0.105 e. The maximum Gasteiger partial charge on any atom is 0.105 e. The van der Waals surface area contributed by atoms with E-state index in [-0.39, 0.29) is 0 Å². The van der Waals surface area contributed by atoms with Crippen LogP contribution in [0.25, 0.3) is 11.1 Å². The molecule has 0 atom stereocenters. The van der Waals surface area contributed by atoms with Crippen molar-refractivity contribution in [2.45, 2.75) is 26.2 Å². The number of fused-ring (bicyclic) bond motifs is 3. The number of anilines is 1. The summed E-state index contributed by atoms with van der Waals surface area (Å²) in [5.74, 6) is 0. The Morgan fingerprint density at radius 2 is 2.17 bits per heavy atom. The molecule has 1 aromatic carbocycles. The van der Waals surface area contributed by atoms with E-state index >= 15 is 0 Å². The maximum absolute atomic E-state index is 9.33. The largest absolute Gasteiger partial charge is 0.389 e. The topological polar surface area (TPSA) is 49.8 Å². The summed E-state index contributed by atoms with van der Waals surface area (Å²) in [7, 11) is 0. The van der Waals surface area contributed by atoms with Crippen molar-refractivity contribution in [2.75, 3.05) is 5.73 Å². The number of aryl methyl sites for hydroxylation is 3. The van der Waals surface area contributed by atoms with Gasteiger partial charge >= 0.3 is 0 Å². The van der Waals surface area contributed by atoms with E-state index in [9.17, 15) is 5.26 Å². The lowest BCUT2D eigenvalue weighted by atomic mass is 9.95. The van der Waals surface area contributed by atoms with Crippen molar-refractivity contribution >= 4 is 16.3 Å². The minimum atomic E-state index is 0.664. The van der Waals surface area contributed by atoms with Gasteiger partial charge in [-0.3, -0.25) is 0 Å². The van der Waals surface area contributed by atoms with E-state index in [1.807, 2.05) is 0 Å². The molecule has 3 heteroatoms. The summed E-state index contributed by atoms with van der Waals surface area (Å²) >= 11 is 1.58. The number of rotatable bonds is 0. The van der Waals surface area contributed by atoms with E-state index in [1.54, 1.807) is 11.3 Å². The number of thiophene rings is 1. The molecule has 0 amide bonds. The van der Waals surface area contributed by atoms with E-state index in [0.717, 1.165) is 24.8 Å². The Balaban J connectivity index is 2.35. The quantitative estimate of drug-likeness (QED) is 0.780. The van der Waals surface area contributed by atoms with Gasteiger partial charge in [0.15, 0.2) is 0 Å². The summed E-state index contributed by atoms with van der Waals surface area (Å²) in [5, 5.41) is 9.99. The van der Waals surface area contributed by atoms with Crippen molar-refractivity contribution in [3.63, 3.8) is 0 Å². The fourth-order valence-corrected chi connectivity index (χ4v) is 3.73. The van der Waals surface area contributed by atoms with Crippen LogP contribution in [0, 0.1) is 18.3 Å². The van der Waals surface area contributed by atoms with E-state index in [2.05, 4.69) is 31.2 Å². The van der Waals surface area contributed by atoms with Gasteiger partial charge in [-0.25, -0.2) is 0 Å². The van der Waals surface area contributed by atoms with Crippen LogP contribution in [0.2, 0.25) is 0 Å². The summed E-state index contributed by atoms with van der Waals surface area (Å²) < 4.78 is 0. The number of nitrogen functional groups attached to an aromatic ring is 1. The molecule has 0 unspecified atom stereocenters. The number of hydrogen-bond acceptors (Lipinski definition) is 3. The maximum atomic E-state index is 9.33. The lowest BCUT2D eigenvalue weighted by molar-refractivity contribution is 0.843. The molecule has 2 aromatic rings. The molecule has 1 aromatic heterocycles. The van der Waals surface area contributed by atoms with Gasteiger partial charge in [0.1, 0.15) is 11.1 Å². The Hall–Kier alpha value is -1.79. The number of benzene rings is 1. The highest BCUT2D eigenvalue weighted by Crippen LogP contribution is 2.42. The van der Waals surface area contributed by atoms with Crippen molar-refractivity contribution in [1.82, 2.24) is 0 Å². The van der Waals surface area contributed by atoms with Gasteiger partial charge in [-0.1, -0.05) is 23.8 Å². The molecule has 1 aliphatic rings. The molecule has 0 bridgehead atoms. The van der Waals surface area contributed by atoms with Gasteiger partial charge in [0.2, 0.25) is 0 Å². The Morgan fingerprint density at radius 1 is 1.33 bits per heavy atom. The van der Waals surface area contributed by atoms with Gasteiger partial charge < -0.3 is 5.73 Å². The third kappa shape index (κ3) is 1.61. The summed E-state index contributed by atoms with van der Waals surface area (Å²) in [6, 6.07) is 8.80. The zero-order valence-electron chi connectivity index (χ0n) is 10.3. The molecule has 1 heterocycles. The van der Waals surface area contributed by atoms with E-state index in [0.29, 0.717) is 10.6 Å². The number of nitriles is 1. The van der Waals surface area contributed by atoms with Crippen molar-refractivity contribution in [2.24, 2.45) is 0 Å². The second kappa shape index (κ2) is 4.15. The molecular formula is C15H14N2S. The third-order valence-electron chi connectivity index (χ3n) is 3.50. The summed E-state index contributed by atoms with van der Waals surface area (Å²) in [4.78, 5) is 1.27. The highest BCUT2D eigenvalue weighted by atomic mass is 32.1. The lowest BCUT2D eigenvalue weighted by Crippen LogP contribution is -1.91. The van der Waals surface area contributed by atoms with Crippen LogP contribution in [-0.2, 0) is 12.8 Å². The number of hydrogen-bond donors (Lipinski definition) is 1. The summed E-state index contributed by atoms with van der Waals surface area (Å²) in [6.45, 7) is 2.09. The number of nitrogens with two attached hydrogens (primary N) is 1. The highest BCUT2D eigenvalue weighted by molar-refractivity contribution is 7.16. The molecule has 0 saturated heterocycles. The molecule has 0 saturated carbocycles. The molecule has 3 rings (SSSR count). The molecule has 0 fully saturated rings. The van der Waals surface area contributed by atoms with Crippen LogP contribution < -0.4 is 5.73 Å². The van der Waals surface area contributed by atoms with Crippen molar-refractivity contribution in [1.29, 1.82) is 5.26 Å². The van der Waals surface area contributed by atoms with Gasteiger partial charge in [-0.2, -0.15) is 5.26 Å². The van der Waals surface area contributed by atoms with Gasteiger partial charge in [0, 0.05) is 10.4 Å². The molecule has 2 nitrogen and oxygen atoms in total. The summed E-state index contributed by atoms with van der Waals surface area (Å²) in [6.07, 6.45) is 3.25. The molecule has 0 radical (unpaired) electrons. The number of nitrogens with zero attached hydrogens (tertiary/aromatic N) is 1. The Bertz CT molecular complexity index is 662. The minimum absolute atomic E-state index is 0.664. The molecule has 0 spiro atoms. The average molecular weight is 254 g/mol. The molecule has 0 aliphatic heterocycles. The first-order chi connectivity index (χ1) is 8.70. The molecule has 2 N–H and O–H groups in total. The van der Waals surface area contributed by atoms with Crippen LogP contribution in [0.4, 0.5) is 5.00 Å². The SMILES string of the molecule is Cc1ccc2c(c1)-c1c(sc(N)c1C#N)CCC2. The van der Waals surface area contributed by atoms with E-state index in [4.69, 9.17) is 5.73 Å². The van der Waals surface area contributed by atoms with Gasteiger partial charge in [0.25, 0.3) is 0 Å². The fraction of sp³-hybridized carbons (Fsp3) is 0.267. The van der Waals surface area contributed by atoms with Gasteiger partial charge in [-0.15, -0.1) is 11.3 Å². The van der Waals surface area contributed by atoms with E-state index in [1.165, 1.54) is 21.6 Å². The van der Waals surface area contributed by atoms with Crippen LogP contribution in [-0.4, -0.2) is 0 Å². The third-order valence-corrected chi connectivity index (χ3v) is 4.58. The van der Waals surface area contributed by atoms with Crippen LogP contribution in [0.15, 0.2) is 18.2 Å². The van der Waals surface area contributed by atoms with Crippen LogP contribution >= 0.6 is 11.3 Å². The Morgan fingerprint density at radius 3 is 2.94 bits per heavy atom. The second-order valence-electron chi connectivity index (χ2n) is 4.77. The Kier molecular flexibility index (Phi) is 2.61. The summed E-state index contributed by atoms with van der Waals surface area (Å²) in [5.41, 5.74) is 11.5. The lowest BCUT2D eigenvalue weighted by Gasteiger charge is -2.08. The fourth-order valence-electron chi connectivity index (χ4n) is 2.65. The molecule has 1 aliphatic carbocycles. The predicted octanol–water partition coefficient (Wildman–Crippen LogP) is 3.67.